The van der Waals surface area contributed by atoms with Crippen molar-refractivity contribution in [2.24, 2.45) is 7.05 Å². The van der Waals surface area contributed by atoms with Crippen LogP contribution in [0.4, 0.5) is 0 Å². The second-order valence-electron chi connectivity index (χ2n) is 4.37. The molecule has 0 radical (unpaired) electrons. The lowest BCUT2D eigenvalue weighted by atomic mass is 10.2. The number of methoxy groups -OCH3 is 1. The Labute approximate surface area is 131 Å². The summed E-state index contributed by atoms with van der Waals surface area (Å²) < 4.78 is 12.7. The standard InChI is InChI=1S/C14H16BrClN2O2/c1-9-12(14(16)18(2)17-9)8-20-13-6-11(19-3)5-4-10(13)7-15/h4-6H,7-8H2,1-3H3. The molecule has 0 amide bonds. The smallest absolute Gasteiger partial charge is 0.133 e. The number of aryl methyl sites for hydroxylation is 2. The van der Waals surface area contributed by atoms with E-state index >= 15 is 0 Å². The second kappa shape index (κ2) is 6.50. The summed E-state index contributed by atoms with van der Waals surface area (Å²) >= 11 is 9.65. The number of ether oxygens (including phenoxy) is 2. The second-order valence-corrected chi connectivity index (χ2v) is 5.29. The van der Waals surface area contributed by atoms with E-state index in [-0.39, 0.29) is 0 Å². The van der Waals surface area contributed by atoms with Gasteiger partial charge in [0.1, 0.15) is 23.3 Å². The Balaban J connectivity index is 2.21. The van der Waals surface area contributed by atoms with E-state index in [1.807, 2.05) is 32.2 Å². The van der Waals surface area contributed by atoms with Crippen LogP contribution in [0.25, 0.3) is 0 Å². The fourth-order valence-electron chi connectivity index (χ4n) is 1.89. The maximum absolute atomic E-state index is 6.20. The highest BCUT2D eigenvalue weighted by atomic mass is 79.9. The van der Waals surface area contributed by atoms with Crippen molar-refractivity contribution >= 4 is 27.5 Å². The van der Waals surface area contributed by atoms with Crippen molar-refractivity contribution in [1.29, 1.82) is 0 Å². The molecule has 0 aliphatic rings. The van der Waals surface area contributed by atoms with Crippen LogP contribution >= 0.6 is 27.5 Å². The fourth-order valence-corrected chi connectivity index (χ4v) is 2.59. The van der Waals surface area contributed by atoms with Gasteiger partial charge in [-0.3, -0.25) is 4.68 Å². The van der Waals surface area contributed by atoms with Gasteiger partial charge in [0, 0.05) is 29.6 Å². The minimum Gasteiger partial charge on any atom is -0.497 e. The van der Waals surface area contributed by atoms with Crippen LogP contribution < -0.4 is 9.47 Å². The van der Waals surface area contributed by atoms with Gasteiger partial charge in [-0.05, 0) is 13.0 Å². The highest BCUT2D eigenvalue weighted by molar-refractivity contribution is 9.08. The van der Waals surface area contributed by atoms with E-state index in [2.05, 4.69) is 21.0 Å². The molecule has 0 bridgehead atoms. The van der Waals surface area contributed by atoms with Crippen LogP contribution in [0, 0.1) is 6.92 Å². The Morgan fingerprint density at radius 1 is 1.40 bits per heavy atom. The lowest BCUT2D eigenvalue weighted by molar-refractivity contribution is 0.300. The van der Waals surface area contributed by atoms with Crippen LogP contribution in [0.15, 0.2) is 18.2 Å². The van der Waals surface area contributed by atoms with Crippen molar-refractivity contribution in [3.8, 4) is 11.5 Å². The third-order valence-electron chi connectivity index (χ3n) is 3.06. The third-order valence-corrected chi connectivity index (χ3v) is 4.14. The molecule has 4 nitrogen and oxygen atoms in total. The monoisotopic (exact) mass is 358 g/mol. The Bertz CT molecular complexity index is 613. The number of hydrogen-bond donors (Lipinski definition) is 0. The van der Waals surface area contributed by atoms with Gasteiger partial charge in [-0.15, -0.1) is 0 Å². The Morgan fingerprint density at radius 3 is 2.70 bits per heavy atom. The predicted octanol–water partition coefficient (Wildman–Crippen LogP) is 3.86. The van der Waals surface area contributed by atoms with Gasteiger partial charge < -0.3 is 9.47 Å². The van der Waals surface area contributed by atoms with Gasteiger partial charge in [0.05, 0.1) is 12.8 Å². The van der Waals surface area contributed by atoms with E-state index in [4.69, 9.17) is 21.1 Å². The zero-order valence-corrected chi connectivity index (χ0v) is 14.0. The van der Waals surface area contributed by atoms with Gasteiger partial charge in [-0.1, -0.05) is 33.6 Å². The first-order chi connectivity index (χ1) is 9.56. The number of halogens is 2. The van der Waals surface area contributed by atoms with Crippen LogP contribution in [-0.4, -0.2) is 16.9 Å². The molecule has 1 heterocycles. The highest BCUT2D eigenvalue weighted by Crippen LogP contribution is 2.28. The summed E-state index contributed by atoms with van der Waals surface area (Å²) in [4.78, 5) is 0. The van der Waals surface area contributed by atoms with Gasteiger partial charge in [0.15, 0.2) is 0 Å². The normalized spacial score (nSPS) is 10.7. The summed E-state index contributed by atoms with van der Waals surface area (Å²) in [6, 6.07) is 5.75. The maximum atomic E-state index is 6.20. The third kappa shape index (κ3) is 3.10. The van der Waals surface area contributed by atoms with Gasteiger partial charge in [-0.25, -0.2) is 0 Å². The van der Waals surface area contributed by atoms with Crippen molar-refractivity contribution in [3.63, 3.8) is 0 Å². The lowest BCUT2D eigenvalue weighted by Crippen LogP contribution is -2.00. The zero-order chi connectivity index (χ0) is 14.7. The molecule has 1 aromatic heterocycles. The van der Waals surface area contributed by atoms with Gasteiger partial charge in [-0.2, -0.15) is 5.10 Å². The molecule has 0 aliphatic heterocycles. The van der Waals surface area contributed by atoms with E-state index in [9.17, 15) is 0 Å². The quantitative estimate of drug-likeness (QED) is 0.761. The maximum Gasteiger partial charge on any atom is 0.133 e. The van der Waals surface area contributed by atoms with Crippen LogP contribution in [0.3, 0.4) is 0 Å². The average Bonchev–Trinajstić information content (AvgIpc) is 2.70. The van der Waals surface area contributed by atoms with Crippen LogP contribution in [0.2, 0.25) is 5.15 Å². The number of aromatic nitrogens is 2. The molecule has 108 valence electrons. The topological polar surface area (TPSA) is 36.3 Å². The molecule has 1 aromatic carbocycles. The molecule has 0 saturated heterocycles. The van der Waals surface area contributed by atoms with Crippen molar-refractivity contribution in [3.05, 3.63) is 40.2 Å². The molecule has 0 spiro atoms. The fraction of sp³-hybridized carbons (Fsp3) is 0.357. The first-order valence-corrected chi connectivity index (χ1v) is 7.60. The summed E-state index contributed by atoms with van der Waals surface area (Å²) in [5.41, 5.74) is 2.83. The SMILES string of the molecule is COc1ccc(CBr)c(OCc2c(C)nn(C)c2Cl)c1. The zero-order valence-electron chi connectivity index (χ0n) is 11.6. The molecule has 2 aromatic rings. The van der Waals surface area contributed by atoms with Crippen molar-refractivity contribution in [1.82, 2.24) is 9.78 Å². The molecule has 6 heteroatoms. The Kier molecular flexibility index (Phi) is 4.94. The van der Waals surface area contributed by atoms with Gasteiger partial charge in [0.2, 0.25) is 0 Å². The molecule has 20 heavy (non-hydrogen) atoms. The largest absolute Gasteiger partial charge is 0.497 e. The molecule has 0 fully saturated rings. The van der Waals surface area contributed by atoms with Crippen molar-refractivity contribution in [2.75, 3.05) is 7.11 Å². The Morgan fingerprint density at radius 2 is 2.15 bits per heavy atom. The van der Waals surface area contributed by atoms with E-state index < -0.39 is 0 Å². The van der Waals surface area contributed by atoms with Crippen molar-refractivity contribution in [2.45, 2.75) is 18.9 Å². The summed E-state index contributed by atoms with van der Waals surface area (Å²) in [6.45, 7) is 2.30. The average molecular weight is 360 g/mol. The lowest BCUT2D eigenvalue weighted by Gasteiger charge is -2.11. The molecule has 0 saturated carbocycles. The predicted molar refractivity (Wildman–Crippen MR) is 82.9 cm³/mol. The minimum absolute atomic E-state index is 0.381. The molecule has 0 atom stereocenters. The van der Waals surface area contributed by atoms with E-state index in [1.54, 1.807) is 11.8 Å². The van der Waals surface area contributed by atoms with E-state index in [0.717, 1.165) is 28.3 Å². The first kappa shape index (κ1) is 15.2. The number of nitrogens with zero attached hydrogens (tertiary/aromatic N) is 2. The van der Waals surface area contributed by atoms with Crippen LogP contribution in [0.1, 0.15) is 16.8 Å². The molecule has 0 aliphatic carbocycles. The van der Waals surface area contributed by atoms with E-state index in [0.29, 0.717) is 17.1 Å². The number of benzene rings is 1. The molecule has 0 N–H and O–H groups in total. The summed E-state index contributed by atoms with van der Waals surface area (Å²) in [5, 5.41) is 5.59. The highest BCUT2D eigenvalue weighted by Gasteiger charge is 2.13. The first-order valence-electron chi connectivity index (χ1n) is 6.10. The van der Waals surface area contributed by atoms with Gasteiger partial charge in [0.25, 0.3) is 0 Å². The summed E-state index contributed by atoms with van der Waals surface area (Å²) in [6.07, 6.45) is 0. The van der Waals surface area contributed by atoms with E-state index in [1.165, 1.54) is 0 Å². The van der Waals surface area contributed by atoms with Crippen molar-refractivity contribution < 1.29 is 9.47 Å². The number of alkyl halides is 1. The minimum atomic E-state index is 0.381. The summed E-state index contributed by atoms with van der Waals surface area (Å²) in [7, 11) is 3.45. The van der Waals surface area contributed by atoms with Crippen LogP contribution in [-0.2, 0) is 19.0 Å². The molecule has 2 rings (SSSR count). The number of hydrogen-bond acceptors (Lipinski definition) is 3. The number of rotatable bonds is 5. The summed E-state index contributed by atoms with van der Waals surface area (Å²) in [5.74, 6) is 1.54. The van der Waals surface area contributed by atoms with Crippen LogP contribution in [0.5, 0.6) is 11.5 Å². The Hall–Kier alpha value is -1.20. The molecular formula is C14H16BrClN2O2. The van der Waals surface area contributed by atoms with Gasteiger partial charge >= 0.3 is 0 Å². The molecule has 0 unspecified atom stereocenters. The molecular weight excluding hydrogens is 344 g/mol.